The molecule has 0 saturated heterocycles. The van der Waals surface area contributed by atoms with Crippen LogP contribution in [0.5, 0.6) is 5.75 Å². The topological polar surface area (TPSA) is 60.3 Å². The van der Waals surface area contributed by atoms with Crippen molar-refractivity contribution in [3.05, 3.63) is 56.1 Å². The average molecular weight is 397 g/mol. The van der Waals surface area contributed by atoms with Crippen LogP contribution in [0.2, 0.25) is 10.0 Å². The summed E-state index contributed by atoms with van der Waals surface area (Å²) in [6.07, 6.45) is 0. The SMILES string of the molecule is CCn1c(=O)sc2cc(NC(=O)COc3ccc(Cl)cc3Cl)ccc21. The summed E-state index contributed by atoms with van der Waals surface area (Å²) in [7, 11) is 0. The molecule has 3 rings (SSSR count). The number of rotatable bonds is 5. The van der Waals surface area contributed by atoms with E-state index in [-0.39, 0.29) is 17.4 Å². The van der Waals surface area contributed by atoms with Crippen LogP contribution in [0, 0.1) is 0 Å². The van der Waals surface area contributed by atoms with E-state index in [2.05, 4.69) is 5.32 Å². The van der Waals surface area contributed by atoms with E-state index in [4.69, 9.17) is 27.9 Å². The monoisotopic (exact) mass is 396 g/mol. The van der Waals surface area contributed by atoms with Crippen LogP contribution >= 0.6 is 34.5 Å². The minimum atomic E-state index is -0.326. The molecule has 0 aliphatic carbocycles. The van der Waals surface area contributed by atoms with Crippen molar-refractivity contribution in [1.82, 2.24) is 4.57 Å². The van der Waals surface area contributed by atoms with Gasteiger partial charge >= 0.3 is 4.87 Å². The minimum absolute atomic E-state index is 0.0123. The molecule has 130 valence electrons. The zero-order chi connectivity index (χ0) is 18.0. The molecule has 5 nitrogen and oxygen atoms in total. The van der Waals surface area contributed by atoms with Crippen LogP contribution in [-0.4, -0.2) is 17.1 Å². The maximum Gasteiger partial charge on any atom is 0.308 e. The molecule has 1 N–H and O–H groups in total. The number of hydrogen-bond acceptors (Lipinski definition) is 4. The minimum Gasteiger partial charge on any atom is -0.482 e. The lowest BCUT2D eigenvalue weighted by Crippen LogP contribution is -2.20. The van der Waals surface area contributed by atoms with Gasteiger partial charge in [-0.25, -0.2) is 0 Å². The van der Waals surface area contributed by atoms with Crippen LogP contribution in [-0.2, 0) is 11.3 Å². The molecule has 0 radical (unpaired) electrons. The largest absolute Gasteiger partial charge is 0.482 e. The number of aromatic nitrogens is 1. The highest BCUT2D eigenvalue weighted by molar-refractivity contribution is 7.16. The molecule has 0 fully saturated rings. The number of nitrogens with one attached hydrogen (secondary N) is 1. The zero-order valence-electron chi connectivity index (χ0n) is 13.2. The van der Waals surface area contributed by atoms with E-state index in [9.17, 15) is 9.59 Å². The van der Waals surface area contributed by atoms with Crippen molar-refractivity contribution in [3.8, 4) is 5.75 Å². The van der Waals surface area contributed by atoms with Gasteiger partial charge < -0.3 is 10.1 Å². The van der Waals surface area contributed by atoms with Gasteiger partial charge in [0.2, 0.25) is 0 Å². The Bertz CT molecular complexity index is 997. The number of ether oxygens (including phenoxy) is 1. The first-order valence-corrected chi connectivity index (χ1v) is 9.06. The first kappa shape index (κ1) is 17.8. The highest BCUT2D eigenvalue weighted by Crippen LogP contribution is 2.27. The second-order valence-electron chi connectivity index (χ2n) is 5.21. The quantitative estimate of drug-likeness (QED) is 0.694. The third-order valence-electron chi connectivity index (χ3n) is 3.52. The molecule has 0 saturated carbocycles. The highest BCUT2D eigenvalue weighted by atomic mass is 35.5. The van der Waals surface area contributed by atoms with E-state index < -0.39 is 0 Å². The number of halogens is 2. The number of nitrogens with zero attached hydrogens (tertiary/aromatic N) is 1. The standard InChI is InChI=1S/C17H14Cl2N2O3S/c1-2-21-13-5-4-11(8-15(13)25-17(21)23)20-16(22)9-24-14-6-3-10(18)7-12(14)19/h3-8H,2,9H2,1H3,(H,20,22). The number of thiazole rings is 1. The second-order valence-corrected chi connectivity index (χ2v) is 7.04. The molecule has 1 aromatic heterocycles. The predicted molar refractivity (Wildman–Crippen MR) is 102 cm³/mol. The first-order valence-electron chi connectivity index (χ1n) is 7.49. The van der Waals surface area contributed by atoms with E-state index in [1.54, 1.807) is 34.9 Å². The van der Waals surface area contributed by atoms with Crippen molar-refractivity contribution < 1.29 is 9.53 Å². The number of carbonyl (C=O) groups excluding carboxylic acids is 1. The van der Waals surface area contributed by atoms with Crippen molar-refractivity contribution in [2.45, 2.75) is 13.5 Å². The van der Waals surface area contributed by atoms with Gasteiger partial charge in [0.25, 0.3) is 5.91 Å². The van der Waals surface area contributed by atoms with E-state index in [0.717, 1.165) is 21.6 Å². The zero-order valence-corrected chi connectivity index (χ0v) is 15.5. The Balaban J connectivity index is 1.68. The maximum atomic E-state index is 12.1. The highest BCUT2D eigenvalue weighted by Gasteiger charge is 2.10. The second kappa shape index (κ2) is 7.47. The third kappa shape index (κ3) is 3.98. The van der Waals surface area contributed by atoms with Crippen LogP contribution < -0.4 is 14.9 Å². The number of amides is 1. The van der Waals surface area contributed by atoms with Gasteiger partial charge in [-0.1, -0.05) is 34.5 Å². The molecule has 0 atom stereocenters. The van der Waals surface area contributed by atoms with Crippen molar-refractivity contribution in [3.63, 3.8) is 0 Å². The van der Waals surface area contributed by atoms with Gasteiger partial charge in [0.05, 0.1) is 15.2 Å². The van der Waals surface area contributed by atoms with Crippen molar-refractivity contribution in [2.75, 3.05) is 11.9 Å². The van der Waals surface area contributed by atoms with Gasteiger partial charge in [-0.2, -0.15) is 0 Å². The summed E-state index contributed by atoms with van der Waals surface area (Å²) in [4.78, 5) is 23.9. The lowest BCUT2D eigenvalue weighted by atomic mass is 10.3. The molecule has 0 spiro atoms. The molecule has 1 amide bonds. The lowest BCUT2D eigenvalue weighted by Gasteiger charge is -2.09. The van der Waals surface area contributed by atoms with Gasteiger partial charge in [0, 0.05) is 17.3 Å². The molecule has 0 aliphatic heterocycles. The van der Waals surface area contributed by atoms with Crippen LogP contribution in [0.3, 0.4) is 0 Å². The number of carbonyl (C=O) groups is 1. The Morgan fingerprint density at radius 2 is 2.04 bits per heavy atom. The van der Waals surface area contributed by atoms with E-state index >= 15 is 0 Å². The summed E-state index contributed by atoms with van der Waals surface area (Å²) in [5.74, 6) is 0.0579. The van der Waals surface area contributed by atoms with Gasteiger partial charge in [0.15, 0.2) is 6.61 Å². The number of hydrogen-bond donors (Lipinski definition) is 1. The van der Waals surface area contributed by atoms with Gasteiger partial charge in [-0.05, 0) is 43.3 Å². The van der Waals surface area contributed by atoms with E-state index in [1.807, 2.05) is 13.0 Å². The lowest BCUT2D eigenvalue weighted by molar-refractivity contribution is -0.118. The molecular weight excluding hydrogens is 383 g/mol. The molecular formula is C17H14Cl2N2O3S. The fraction of sp³-hybridized carbons (Fsp3) is 0.176. The maximum absolute atomic E-state index is 12.1. The number of benzene rings is 2. The Morgan fingerprint density at radius 1 is 1.24 bits per heavy atom. The van der Waals surface area contributed by atoms with Crippen LogP contribution in [0.25, 0.3) is 10.2 Å². The summed E-state index contributed by atoms with van der Waals surface area (Å²) in [6.45, 7) is 2.34. The molecule has 2 aromatic carbocycles. The molecule has 25 heavy (non-hydrogen) atoms. The summed E-state index contributed by atoms with van der Waals surface area (Å²) < 4.78 is 7.92. The Kier molecular flexibility index (Phi) is 5.32. The fourth-order valence-corrected chi connectivity index (χ4v) is 3.83. The summed E-state index contributed by atoms with van der Waals surface area (Å²) >= 11 is 13.0. The average Bonchev–Trinajstić information content (AvgIpc) is 2.88. The fourth-order valence-electron chi connectivity index (χ4n) is 2.38. The normalized spacial score (nSPS) is 10.8. The third-order valence-corrected chi connectivity index (χ3v) is 4.99. The summed E-state index contributed by atoms with van der Waals surface area (Å²) in [5, 5.41) is 3.58. The van der Waals surface area contributed by atoms with Crippen LogP contribution in [0.4, 0.5) is 5.69 Å². The Hall–Kier alpha value is -2.02. The van der Waals surface area contributed by atoms with E-state index in [0.29, 0.717) is 28.0 Å². The Labute approximate surface area is 157 Å². The van der Waals surface area contributed by atoms with Crippen molar-refractivity contribution in [1.29, 1.82) is 0 Å². The van der Waals surface area contributed by atoms with Crippen molar-refractivity contribution >= 4 is 56.3 Å². The number of fused-ring (bicyclic) bond motifs is 1. The smallest absolute Gasteiger partial charge is 0.308 e. The van der Waals surface area contributed by atoms with Gasteiger partial charge in [0.1, 0.15) is 5.75 Å². The molecule has 0 bridgehead atoms. The molecule has 0 aliphatic rings. The molecule has 1 heterocycles. The molecule has 3 aromatic rings. The molecule has 8 heteroatoms. The number of aryl methyl sites for hydroxylation is 1. The van der Waals surface area contributed by atoms with Crippen LogP contribution in [0.1, 0.15) is 6.92 Å². The summed E-state index contributed by atoms with van der Waals surface area (Å²) in [6, 6.07) is 10.1. The van der Waals surface area contributed by atoms with Crippen molar-refractivity contribution in [2.24, 2.45) is 0 Å². The van der Waals surface area contributed by atoms with E-state index in [1.165, 1.54) is 0 Å². The van der Waals surface area contributed by atoms with Gasteiger partial charge in [-0.15, -0.1) is 0 Å². The van der Waals surface area contributed by atoms with Crippen LogP contribution in [0.15, 0.2) is 41.2 Å². The first-order chi connectivity index (χ1) is 12.0. The predicted octanol–water partition coefficient (Wildman–Crippen LogP) is 4.41. The van der Waals surface area contributed by atoms with Gasteiger partial charge in [-0.3, -0.25) is 14.2 Å². The molecule has 0 unspecified atom stereocenters. The number of anilines is 1. The summed E-state index contributed by atoms with van der Waals surface area (Å²) in [5.41, 5.74) is 1.47. The Morgan fingerprint density at radius 3 is 2.76 bits per heavy atom.